The molecule has 0 bridgehead atoms. The lowest BCUT2D eigenvalue weighted by Gasteiger charge is -2.33. The lowest BCUT2D eigenvalue weighted by molar-refractivity contribution is -0.150. The first-order valence-corrected chi connectivity index (χ1v) is 10.4. The van der Waals surface area contributed by atoms with Crippen LogP contribution < -0.4 is 4.72 Å². The maximum Gasteiger partial charge on any atom is 0.324 e. The Morgan fingerprint density at radius 2 is 1.76 bits per heavy atom. The Bertz CT molecular complexity index is 963. The van der Waals surface area contributed by atoms with Gasteiger partial charge in [-0.1, -0.05) is 30.3 Å². The van der Waals surface area contributed by atoms with Gasteiger partial charge in [0.2, 0.25) is 0 Å². The van der Waals surface area contributed by atoms with E-state index in [0.29, 0.717) is 25.0 Å². The van der Waals surface area contributed by atoms with Gasteiger partial charge in [-0.3, -0.25) is 9.52 Å². The highest BCUT2D eigenvalue weighted by Crippen LogP contribution is 2.26. The zero-order valence-electron chi connectivity index (χ0n) is 15.3. The van der Waals surface area contributed by atoms with E-state index in [0.717, 1.165) is 9.87 Å². The summed E-state index contributed by atoms with van der Waals surface area (Å²) in [6.45, 7) is -0.0520. The van der Waals surface area contributed by atoms with Gasteiger partial charge < -0.3 is 4.74 Å². The average Bonchev–Trinajstić information content (AvgIpc) is 2.70. The Hall–Kier alpha value is -2.59. The Morgan fingerprint density at radius 1 is 1.10 bits per heavy atom. The van der Waals surface area contributed by atoms with Crippen molar-refractivity contribution < 1.29 is 31.1 Å². The topological polar surface area (TPSA) is 75.7 Å². The van der Waals surface area contributed by atoms with E-state index in [1.165, 1.54) is 0 Å². The molecule has 0 amide bonds. The number of carbonyl (C=O) groups is 1. The van der Waals surface area contributed by atoms with Crippen LogP contribution in [0.15, 0.2) is 42.5 Å². The fourth-order valence-electron chi connectivity index (χ4n) is 3.08. The number of nitrogens with one attached hydrogen (secondary N) is 1. The van der Waals surface area contributed by atoms with Crippen molar-refractivity contribution >= 4 is 21.9 Å². The second-order valence-corrected chi connectivity index (χ2v) is 8.19. The smallest absolute Gasteiger partial charge is 0.324 e. The third-order valence-electron chi connectivity index (χ3n) is 4.50. The molecule has 0 aromatic heterocycles. The van der Waals surface area contributed by atoms with Crippen LogP contribution in [0.5, 0.6) is 0 Å². The third-order valence-corrected chi connectivity index (χ3v) is 6.01. The predicted molar refractivity (Wildman–Crippen MR) is 99.4 cm³/mol. The molecule has 10 heteroatoms. The maximum absolute atomic E-state index is 13.9. The van der Waals surface area contributed by atoms with Crippen LogP contribution in [0.2, 0.25) is 0 Å². The number of rotatable bonds is 6. The molecule has 1 aliphatic rings. The van der Waals surface area contributed by atoms with Gasteiger partial charge in [-0.15, -0.1) is 0 Å². The van der Waals surface area contributed by atoms with Crippen LogP contribution in [0.1, 0.15) is 24.8 Å². The zero-order chi connectivity index (χ0) is 21.0. The number of carbonyl (C=O) groups excluding carboxylic acids is 1. The second kappa shape index (κ2) is 8.83. The minimum absolute atomic E-state index is 0.0229. The fraction of sp³-hybridized carbons (Fsp3) is 0.316. The summed E-state index contributed by atoms with van der Waals surface area (Å²) in [5.41, 5.74) is -0.270. The molecule has 6 nitrogen and oxygen atoms in total. The first-order valence-electron chi connectivity index (χ1n) is 8.92. The quantitative estimate of drug-likeness (QED) is 0.716. The number of piperidine rings is 1. The molecule has 1 saturated heterocycles. The highest BCUT2D eigenvalue weighted by atomic mass is 32.2. The second-order valence-electron chi connectivity index (χ2n) is 6.57. The van der Waals surface area contributed by atoms with Gasteiger partial charge in [-0.25, -0.2) is 13.2 Å². The minimum atomic E-state index is -4.49. The highest BCUT2D eigenvalue weighted by Gasteiger charge is 2.38. The summed E-state index contributed by atoms with van der Waals surface area (Å²) in [6, 6.07) is 8.46. The van der Waals surface area contributed by atoms with E-state index < -0.39 is 45.4 Å². The lowest BCUT2D eigenvalue weighted by atomic mass is 10.1. The standard InChI is InChI=1S/C19H19F3N2O4S/c20-14-10-15(21)18(16(22)11-14)23-29(26,27)24-9-5-4-8-17(24)19(25)28-12-13-6-2-1-3-7-13/h1-3,6-7,10-11,17,23H,4-5,8-9,12H2/t17-/m0/s1. The molecule has 1 aliphatic heterocycles. The summed E-state index contributed by atoms with van der Waals surface area (Å²) in [7, 11) is -4.49. The molecule has 0 saturated carbocycles. The van der Waals surface area contributed by atoms with Crippen LogP contribution in [0.3, 0.4) is 0 Å². The van der Waals surface area contributed by atoms with Crippen molar-refractivity contribution in [1.29, 1.82) is 0 Å². The van der Waals surface area contributed by atoms with Crippen molar-refractivity contribution in [2.24, 2.45) is 0 Å². The molecular formula is C19H19F3N2O4S. The number of hydrogen-bond acceptors (Lipinski definition) is 4. The van der Waals surface area contributed by atoms with E-state index in [-0.39, 0.29) is 19.6 Å². The summed E-state index contributed by atoms with van der Waals surface area (Å²) in [5.74, 6) is -4.72. The molecule has 156 valence electrons. The molecule has 0 aliphatic carbocycles. The van der Waals surface area contributed by atoms with Crippen molar-refractivity contribution in [2.45, 2.75) is 31.9 Å². The van der Waals surface area contributed by atoms with Crippen molar-refractivity contribution in [3.8, 4) is 0 Å². The molecule has 0 spiro atoms. The molecule has 1 heterocycles. The lowest BCUT2D eigenvalue weighted by Crippen LogP contribution is -2.50. The van der Waals surface area contributed by atoms with Gasteiger partial charge in [0.25, 0.3) is 0 Å². The summed E-state index contributed by atoms with van der Waals surface area (Å²) in [5, 5.41) is 0. The van der Waals surface area contributed by atoms with Crippen molar-refractivity contribution in [1.82, 2.24) is 4.31 Å². The largest absolute Gasteiger partial charge is 0.460 e. The van der Waals surface area contributed by atoms with E-state index >= 15 is 0 Å². The van der Waals surface area contributed by atoms with Gasteiger partial charge in [0, 0.05) is 18.7 Å². The Morgan fingerprint density at radius 3 is 2.41 bits per heavy atom. The molecule has 0 radical (unpaired) electrons. The molecule has 29 heavy (non-hydrogen) atoms. The van der Waals surface area contributed by atoms with E-state index in [1.54, 1.807) is 35.1 Å². The monoisotopic (exact) mass is 428 g/mol. The van der Waals surface area contributed by atoms with Gasteiger partial charge >= 0.3 is 16.2 Å². The summed E-state index contributed by atoms with van der Waals surface area (Å²) in [4.78, 5) is 12.5. The predicted octanol–water partition coefficient (Wildman–Crippen LogP) is 3.36. The van der Waals surface area contributed by atoms with Crippen LogP contribution >= 0.6 is 0 Å². The summed E-state index contributed by atoms with van der Waals surface area (Å²) < 4.78 is 74.0. The molecule has 1 N–H and O–H groups in total. The van der Waals surface area contributed by atoms with E-state index in [2.05, 4.69) is 0 Å². The summed E-state index contributed by atoms with van der Waals surface area (Å²) in [6.07, 6.45) is 1.27. The van der Waals surface area contributed by atoms with Crippen LogP contribution in [-0.2, 0) is 26.3 Å². The number of anilines is 1. The van der Waals surface area contributed by atoms with Gasteiger partial charge in [-0.05, 0) is 24.8 Å². The first kappa shape index (κ1) is 21.1. The van der Waals surface area contributed by atoms with Gasteiger partial charge in [0.05, 0.1) is 0 Å². The molecule has 2 aromatic carbocycles. The molecule has 3 rings (SSSR count). The Labute approximate surface area is 166 Å². The number of benzene rings is 2. The minimum Gasteiger partial charge on any atom is -0.460 e. The van der Waals surface area contributed by atoms with Gasteiger partial charge in [-0.2, -0.15) is 12.7 Å². The molecule has 2 aromatic rings. The van der Waals surface area contributed by atoms with Gasteiger partial charge in [0.1, 0.15) is 24.2 Å². The van der Waals surface area contributed by atoms with Gasteiger partial charge in [0.15, 0.2) is 11.6 Å². The Kier molecular flexibility index (Phi) is 6.43. The van der Waals surface area contributed by atoms with E-state index in [1.807, 2.05) is 0 Å². The van der Waals surface area contributed by atoms with Crippen LogP contribution in [0, 0.1) is 17.5 Å². The highest BCUT2D eigenvalue weighted by molar-refractivity contribution is 7.90. The average molecular weight is 428 g/mol. The summed E-state index contributed by atoms with van der Waals surface area (Å²) >= 11 is 0. The SMILES string of the molecule is O=C(OCc1ccccc1)[C@@H]1CCCCN1S(=O)(=O)Nc1c(F)cc(F)cc1F. The number of esters is 1. The van der Waals surface area contributed by atoms with E-state index in [9.17, 15) is 26.4 Å². The van der Waals surface area contributed by atoms with E-state index in [4.69, 9.17) is 4.74 Å². The third kappa shape index (κ3) is 5.07. The van der Waals surface area contributed by atoms with Crippen LogP contribution in [0.4, 0.5) is 18.9 Å². The zero-order valence-corrected chi connectivity index (χ0v) is 16.1. The fourth-order valence-corrected chi connectivity index (χ4v) is 4.55. The van der Waals surface area contributed by atoms with Crippen molar-refractivity contribution in [2.75, 3.05) is 11.3 Å². The normalized spacial score (nSPS) is 17.7. The number of halogens is 3. The van der Waals surface area contributed by atoms with Crippen molar-refractivity contribution in [3.05, 3.63) is 65.5 Å². The molecular weight excluding hydrogens is 409 g/mol. The molecule has 1 fully saturated rings. The first-order chi connectivity index (χ1) is 13.8. The maximum atomic E-state index is 13.9. The number of ether oxygens (including phenoxy) is 1. The van der Waals surface area contributed by atoms with Crippen LogP contribution in [-0.4, -0.2) is 31.3 Å². The molecule has 0 unspecified atom stereocenters. The number of hydrogen-bond donors (Lipinski definition) is 1. The molecule has 1 atom stereocenters. The van der Waals surface area contributed by atoms with Crippen LogP contribution in [0.25, 0.3) is 0 Å². The Balaban J connectivity index is 1.76. The van der Waals surface area contributed by atoms with Crippen molar-refractivity contribution in [3.63, 3.8) is 0 Å². The number of nitrogens with zero attached hydrogens (tertiary/aromatic N) is 1.